The van der Waals surface area contributed by atoms with Crippen LogP contribution in [0.15, 0.2) is 35.3 Å². The fourth-order valence-electron chi connectivity index (χ4n) is 2.02. The van der Waals surface area contributed by atoms with Crippen LogP contribution in [0.2, 0.25) is 0 Å². The first-order valence-electron chi connectivity index (χ1n) is 7.54. The summed E-state index contributed by atoms with van der Waals surface area (Å²) in [5.74, 6) is 0.889. The topological polar surface area (TPSA) is 36.4 Å². The molecule has 120 valence electrons. The number of guanidine groups is 1. The number of halogens is 1. The molecule has 0 aliphatic heterocycles. The van der Waals surface area contributed by atoms with Gasteiger partial charge < -0.3 is 10.6 Å². The molecule has 0 radical (unpaired) electrons. The van der Waals surface area contributed by atoms with E-state index in [1.807, 2.05) is 7.05 Å². The minimum atomic E-state index is 0. The normalized spacial score (nSPS) is 11.7. The minimum absolute atomic E-state index is 0. The third-order valence-corrected chi connectivity index (χ3v) is 2.99. The Balaban J connectivity index is 0.00000400. The second-order valence-corrected chi connectivity index (χ2v) is 6.17. The van der Waals surface area contributed by atoms with Gasteiger partial charge in [-0.1, -0.05) is 36.8 Å². The van der Waals surface area contributed by atoms with Gasteiger partial charge in [-0.2, -0.15) is 0 Å². The summed E-state index contributed by atoms with van der Waals surface area (Å²) in [4.78, 5) is 4.23. The fourth-order valence-corrected chi connectivity index (χ4v) is 2.02. The predicted octanol–water partition coefficient (Wildman–Crippen LogP) is 3.98. The Morgan fingerprint density at radius 1 is 1.05 bits per heavy atom. The van der Waals surface area contributed by atoms with E-state index in [2.05, 4.69) is 66.7 Å². The van der Waals surface area contributed by atoms with Gasteiger partial charge in [0, 0.05) is 19.1 Å². The molecule has 0 fully saturated rings. The second kappa shape index (κ2) is 10.9. The van der Waals surface area contributed by atoms with E-state index in [0.717, 1.165) is 12.5 Å². The third kappa shape index (κ3) is 10.6. The molecule has 0 saturated heterocycles. The molecule has 0 atom stereocenters. The summed E-state index contributed by atoms with van der Waals surface area (Å²) >= 11 is 0. The summed E-state index contributed by atoms with van der Waals surface area (Å²) in [5.41, 5.74) is 1.49. The van der Waals surface area contributed by atoms with Gasteiger partial charge in [0.1, 0.15) is 0 Å². The van der Waals surface area contributed by atoms with Crippen molar-refractivity contribution in [2.24, 2.45) is 4.99 Å². The molecule has 0 spiro atoms. The summed E-state index contributed by atoms with van der Waals surface area (Å²) < 4.78 is 0. The third-order valence-electron chi connectivity index (χ3n) is 2.99. The van der Waals surface area contributed by atoms with E-state index >= 15 is 0 Å². The van der Waals surface area contributed by atoms with Gasteiger partial charge in [0.15, 0.2) is 5.96 Å². The van der Waals surface area contributed by atoms with Crippen LogP contribution >= 0.6 is 24.0 Å². The highest BCUT2D eigenvalue weighted by molar-refractivity contribution is 14.0. The number of nitrogens with zero attached hydrogens (tertiary/aromatic N) is 1. The lowest BCUT2D eigenvalue weighted by Gasteiger charge is -2.23. The van der Waals surface area contributed by atoms with Gasteiger partial charge >= 0.3 is 0 Å². The van der Waals surface area contributed by atoms with Crippen LogP contribution in [0.4, 0.5) is 0 Å². The van der Waals surface area contributed by atoms with E-state index in [4.69, 9.17) is 0 Å². The molecule has 0 aliphatic carbocycles. The van der Waals surface area contributed by atoms with Crippen molar-refractivity contribution in [3.05, 3.63) is 35.9 Å². The molecule has 0 bridgehead atoms. The lowest BCUT2D eigenvalue weighted by atomic mass is 10.1. The molecule has 0 aliphatic rings. The molecular formula is C17H30IN3. The van der Waals surface area contributed by atoms with Crippen LogP contribution in [0.25, 0.3) is 0 Å². The van der Waals surface area contributed by atoms with E-state index < -0.39 is 0 Å². The molecule has 1 aromatic rings. The highest BCUT2D eigenvalue weighted by Crippen LogP contribution is 2.05. The Labute approximate surface area is 147 Å². The highest BCUT2D eigenvalue weighted by atomic mass is 127. The Morgan fingerprint density at radius 3 is 2.29 bits per heavy atom. The molecular weight excluding hydrogens is 373 g/mol. The van der Waals surface area contributed by atoms with Crippen molar-refractivity contribution in [3.8, 4) is 0 Å². The van der Waals surface area contributed by atoms with Crippen molar-refractivity contribution in [1.82, 2.24) is 10.6 Å². The maximum Gasteiger partial charge on any atom is 0.191 e. The van der Waals surface area contributed by atoms with Crippen LogP contribution in [-0.2, 0) is 6.42 Å². The summed E-state index contributed by atoms with van der Waals surface area (Å²) in [6, 6.07) is 10.7. The monoisotopic (exact) mass is 403 g/mol. The van der Waals surface area contributed by atoms with Gasteiger partial charge in [-0.15, -0.1) is 24.0 Å². The van der Waals surface area contributed by atoms with Gasteiger partial charge in [0.25, 0.3) is 0 Å². The van der Waals surface area contributed by atoms with E-state index in [1.165, 1.54) is 31.2 Å². The molecule has 0 aromatic heterocycles. The van der Waals surface area contributed by atoms with Crippen LogP contribution in [0.5, 0.6) is 0 Å². The molecule has 0 amide bonds. The largest absolute Gasteiger partial charge is 0.356 e. The first-order valence-corrected chi connectivity index (χ1v) is 7.54. The van der Waals surface area contributed by atoms with Gasteiger partial charge in [-0.05, 0) is 45.6 Å². The van der Waals surface area contributed by atoms with Crippen LogP contribution in [0.3, 0.4) is 0 Å². The molecule has 4 heteroatoms. The lowest BCUT2D eigenvalue weighted by Crippen LogP contribution is -2.47. The van der Waals surface area contributed by atoms with Crippen molar-refractivity contribution in [2.45, 2.75) is 52.0 Å². The molecule has 1 rings (SSSR count). The van der Waals surface area contributed by atoms with Crippen molar-refractivity contribution < 1.29 is 0 Å². The van der Waals surface area contributed by atoms with E-state index in [0.29, 0.717) is 0 Å². The van der Waals surface area contributed by atoms with Crippen LogP contribution in [-0.4, -0.2) is 25.1 Å². The molecule has 0 unspecified atom stereocenters. The summed E-state index contributed by atoms with van der Waals surface area (Å²) in [6.07, 6.45) is 4.85. The molecule has 0 heterocycles. The highest BCUT2D eigenvalue weighted by Gasteiger charge is 2.10. The van der Waals surface area contributed by atoms with Crippen LogP contribution in [0.1, 0.15) is 45.6 Å². The second-order valence-electron chi connectivity index (χ2n) is 6.17. The molecule has 0 saturated carbocycles. The van der Waals surface area contributed by atoms with E-state index in [1.54, 1.807) is 0 Å². The standard InChI is InChI=1S/C17H29N3.HI/c1-17(2,3)20-16(18-4)19-14-10-6-9-13-15-11-7-5-8-12-15;/h5,7-8,11-12H,6,9-10,13-14H2,1-4H3,(H2,18,19,20);1H. The zero-order chi connectivity index (χ0) is 14.8. The average Bonchev–Trinajstić information content (AvgIpc) is 2.41. The van der Waals surface area contributed by atoms with Gasteiger partial charge in [0.2, 0.25) is 0 Å². The van der Waals surface area contributed by atoms with Gasteiger partial charge in [-0.3, -0.25) is 4.99 Å². The molecule has 21 heavy (non-hydrogen) atoms. The van der Waals surface area contributed by atoms with Crippen molar-refractivity contribution in [1.29, 1.82) is 0 Å². The summed E-state index contributed by atoms with van der Waals surface area (Å²) in [5, 5.41) is 6.73. The lowest BCUT2D eigenvalue weighted by molar-refractivity contribution is 0.500. The number of aryl methyl sites for hydroxylation is 1. The number of hydrogen-bond acceptors (Lipinski definition) is 1. The van der Waals surface area contributed by atoms with Crippen molar-refractivity contribution >= 4 is 29.9 Å². The minimum Gasteiger partial charge on any atom is -0.356 e. The Morgan fingerprint density at radius 2 is 1.71 bits per heavy atom. The van der Waals surface area contributed by atoms with Crippen molar-refractivity contribution in [2.75, 3.05) is 13.6 Å². The SMILES string of the molecule is CN=C(NCCCCCc1ccccc1)NC(C)(C)C.I. The molecule has 1 aromatic carbocycles. The van der Waals surface area contributed by atoms with Crippen LogP contribution in [0, 0.1) is 0 Å². The van der Waals surface area contributed by atoms with Crippen molar-refractivity contribution in [3.63, 3.8) is 0 Å². The maximum atomic E-state index is 4.23. The molecule has 3 nitrogen and oxygen atoms in total. The quantitative estimate of drug-likeness (QED) is 0.326. The zero-order valence-corrected chi connectivity index (χ0v) is 16.1. The average molecular weight is 403 g/mol. The Bertz CT molecular complexity index is 396. The first kappa shape index (κ1) is 20.2. The first-order chi connectivity index (χ1) is 9.51. The zero-order valence-electron chi connectivity index (χ0n) is 13.8. The number of aliphatic imine (C=N–C) groups is 1. The maximum absolute atomic E-state index is 4.23. The Hall–Kier alpha value is -0.780. The van der Waals surface area contributed by atoms with Gasteiger partial charge in [0.05, 0.1) is 0 Å². The summed E-state index contributed by atoms with van der Waals surface area (Å²) in [6.45, 7) is 7.39. The smallest absolute Gasteiger partial charge is 0.191 e. The predicted molar refractivity (Wildman–Crippen MR) is 104 cm³/mol. The Kier molecular flexibility index (Phi) is 10.5. The van der Waals surface area contributed by atoms with E-state index in [-0.39, 0.29) is 29.5 Å². The fraction of sp³-hybridized carbons (Fsp3) is 0.588. The number of hydrogen-bond donors (Lipinski definition) is 2. The number of nitrogens with one attached hydrogen (secondary N) is 2. The van der Waals surface area contributed by atoms with Crippen LogP contribution < -0.4 is 10.6 Å². The number of unbranched alkanes of at least 4 members (excludes halogenated alkanes) is 2. The number of benzene rings is 1. The van der Waals surface area contributed by atoms with Gasteiger partial charge in [-0.25, -0.2) is 0 Å². The summed E-state index contributed by atoms with van der Waals surface area (Å²) in [7, 11) is 1.82. The molecule has 2 N–H and O–H groups in total. The van der Waals surface area contributed by atoms with E-state index in [9.17, 15) is 0 Å². The number of rotatable bonds is 6.